The number of aryl methyl sites for hydroxylation is 1. The smallest absolute Gasteiger partial charge is 0.260 e. The zero-order valence-electron chi connectivity index (χ0n) is 21.2. The number of morpholine rings is 1. The molecule has 3 radical (unpaired) electrons. The van der Waals surface area contributed by atoms with E-state index >= 15 is 4.39 Å². The lowest BCUT2D eigenvalue weighted by molar-refractivity contribution is -0.0588. The van der Waals surface area contributed by atoms with Crippen LogP contribution in [0.3, 0.4) is 0 Å². The van der Waals surface area contributed by atoms with Gasteiger partial charge in [-0.15, -0.1) is 0 Å². The molecule has 0 bridgehead atoms. The highest BCUT2D eigenvalue weighted by Gasteiger charge is 2.39. The number of ether oxygens (including phenoxy) is 2. The second-order valence-corrected chi connectivity index (χ2v) is 11.1. The van der Waals surface area contributed by atoms with Crippen LogP contribution in [0.4, 0.5) is 10.2 Å². The minimum Gasteiger partial charge on any atom is -0.490 e. The van der Waals surface area contributed by atoms with Gasteiger partial charge in [0.1, 0.15) is 28.5 Å². The van der Waals surface area contributed by atoms with E-state index in [0.29, 0.717) is 41.5 Å². The van der Waals surface area contributed by atoms with E-state index < -0.39 is 16.8 Å². The quantitative estimate of drug-likeness (QED) is 0.503. The third-order valence-electron chi connectivity index (χ3n) is 6.19. The summed E-state index contributed by atoms with van der Waals surface area (Å²) in [5.74, 6) is -0.345. The maximum Gasteiger partial charge on any atom is 0.260 e. The van der Waals surface area contributed by atoms with Crippen molar-refractivity contribution in [1.82, 2.24) is 19.3 Å². The van der Waals surface area contributed by atoms with E-state index in [1.807, 2.05) is 45.9 Å². The maximum atomic E-state index is 15.6. The first-order chi connectivity index (χ1) is 16.8. The molecule has 1 amide bonds. The Morgan fingerprint density at radius 3 is 2.61 bits per heavy atom. The lowest BCUT2D eigenvalue weighted by Gasteiger charge is -2.36. The van der Waals surface area contributed by atoms with Crippen LogP contribution in [-0.4, -0.2) is 66.8 Å². The number of anilines is 1. The fourth-order valence-electron chi connectivity index (χ4n) is 4.75. The van der Waals surface area contributed by atoms with Gasteiger partial charge in [0.05, 0.1) is 29.0 Å². The van der Waals surface area contributed by atoms with Crippen molar-refractivity contribution in [2.45, 2.75) is 64.9 Å². The Bertz CT molecular complexity index is 1320. The number of hydrogen-bond donors (Lipinski definition) is 1. The number of aromatic nitrogens is 3. The highest BCUT2D eigenvalue weighted by molar-refractivity contribution is 6.31. The lowest BCUT2D eigenvalue weighted by Crippen LogP contribution is -2.48. The standard InChI is InChI=1S/C25H30ClFN5O3Si/c1-12(2)34-21-16(25(6,36)24-30-15(5)20-22(28)29-7-8-32(20)24)9-17(26)19(27)18(21)23(33)31-10-13(3)35-14(4)11-31/h7-9,12-14H,10-11H2,1-6H3,(H2,28,29)/t13-,14+,25-/m0/s1. The first-order valence-electron chi connectivity index (χ1n) is 11.8. The van der Waals surface area contributed by atoms with Gasteiger partial charge in [-0.2, -0.15) is 0 Å². The summed E-state index contributed by atoms with van der Waals surface area (Å²) in [5, 5.41) is -1.24. The molecule has 1 saturated heterocycles. The topological polar surface area (TPSA) is 95.0 Å². The van der Waals surface area contributed by atoms with Crippen LogP contribution in [0.5, 0.6) is 5.75 Å². The Morgan fingerprint density at radius 1 is 1.36 bits per heavy atom. The van der Waals surface area contributed by atoms with E-state index in [4.69, 9.17) is 31.8 Å². The van der Waals surface area contributed by atoms with Crippen LogP contribution in [0.1, 0.15) is 62.1 Å². The molecule has 0 aliphatic carbocycles. The highest BCUT2D eigenvalue weighted by Crippen LogP contribution is 2.42. The summed E-state index contributed by atoms with van der Waals surface area (Å²) in [4.78, 5) is 24.3. The molecule has 0 spiro atoms. The number of fused-ring (bicyclic) bond motifs is 1. The van der Waals surface area contributed by atoms with Crippen LogP contribution in [-0.2, 0) is 9.78 Å². The summed E-state index contributed by atoms with van der Waals surface area (Å²) < 4.78 is 29.4. The average Bonchev–Trinajstić information content (AvgIpc) is 3.13. The maximum absolute atomic E-state index is 15.6. The number of amides is 1. The molecule has 8 nitrogen and oxygen atoms in total. The number of imidazole rings is 1. The molecule has 11 heteroatoms. The molecule has 0 saturated carbocycles. The fraction of sp³-hybridized carbons (Fsp3) is 0.480. The number of carbonyl (C=O) groups is 1. The van der Waals surface area contributed by atoms with Crippen LogP contribution >= 0.6 is 11.6 Å². The summed E-state index contributed by atoms with van der Waals surface area (Å²) in [6.45, 7) is 11.7. The van der Waals surface area contributed by atoms with E-state index in [9.17, 15) is 4.79 Å². The third-order valence-corrected chi connectivity index (χ3v) is 6.96. The van der Waals surface area contributed by atoms with Crippen molar-refractivity contribution in [2.24, 2.45) is 0 Å². The van der Waals surface area contributed by atoms with Gasteiger partial charge in [0.15, 0.2) is 5.82 Å². The molecule has 1 fully saturated rings. The molecule has 1 aliphatic rings. The van der Waals surface area contributed by atoms with Crippen LogP contribution in [0, 0.1) is 12.7 Å². The van der Waals surface area contributed by atoms with Gasteiger partial charge in [-0.25, -0.2) is 14.4 Å². The first kappa shape index (κ1) is 26.4. The van der Waals surface area contributed by atoms with Gasteiger partial charge in [0.25, 0.3) is 5.91 Å². The molecule has 1 aromatic carbocycles. The molecule has 2 aromatic heterocycles. The highest BCUT2D eigenvalue weighted by atomic mass is 35.5. The minimum atomic E-state index is -1.05. The van der Waals surface area contributed by atoms with E-state index in [1.54, 1.807) is 17.3 Å². The number of rotatable bonds is 5. The predicted octanol–water partition coefficient (Wildman–Crippen LogP) is 3.88. The largest absolute Gasteiger partial charge is 0.490 e. The van der Waals surface area contributed by atoms with Crippen molar-refractivity contribution in [3.05, 3.63) is 51.9 Å². The molecule has 0 unspecified atom stereocenters. The summed E-state index contributed by atoms with van der Waals surface area (Å²) in [5.41, 5.74) is 7.69. The summed E-state index contributed by atoms with van der Waals surface area (Å²) >= 11 is 6.41. The van der Waals surface area contributed by atoms with Gasteiger partial charge < -0.3 is 20.1 Å². The number of nitrogen functional groups attached to an aromatic ring is 1. The van der Waals surface area contributed by atoms with E-state index in [0.717, 1.165) is 0 Å². The molecule has 4 rings (SSSR count). The summed E-state index contributed by atoms with van der Waals surface area (Å²) in [6, 6.07) is 1.48. The third kappa shape index (κ3) is 4.57. The van der Waals surface area contributed by atoms with Gasteiger partial charge in [-0.05, 0) is 40.7 Å². The molecular formula is C25H30ClFN5O3Si. The fourth-order valence-corrected chi connectivity index (χ4v) is 5.31. The number of hydrogen-bond acceptors (Lipinski definition) is 6. The van der Waals surface area contributed by atoms with Gasteiger partial charge in [-0.3, -0.25) is 9.20 Å². The predicted molar refractivity (Wildman–Crippen MR) is 137 cm³/mol. The van der Waals surface area contributed by atoms with Gasteiger partial charge in [-0.1, -0.05) is 18.5 Å². The number of halogens is 2. The van der Waals surface area contributed by atoms with E-state index in [2.05, 4.69) is 15.2 Å². The zero-order chi connectivity index (χ0) is 26.5. The van der Waals surface area contributed by atoms with Crippen molar-refractivity contribution in [3.8, 4) is 5.75 Å². The molecule has 3 atom stereocenters. The molecule has 1 aliphatic heterocycles. The van der Waals surface area contributed by atoms with Crippen LogP contribution in [0.25, 0.3) is 5.52 Å². The van der Waals surface area contributed by atoms with Crippen molar-refractivity contribution in [2.75, 3.05) is 18.8 Å². The molecule has 36 heavy (non-hydrogen) atoms. The molecular weight excluding hydrogens is 501 g/mol. The van der Waals surface area contributed by atoms with E-state index in [-0.39, 0.29) is 34.6 Å². The molecule has 191 valence electrons. The second kappa shape index (κ2) is 9.64. The average molecular weight is 531 g/mol. The SMILES string of the molecule is Cc1nc([C@@](C)([Si])c2cc(Cl)c(F)c(C(=O)N3C[C@@H](C)O[C@@H](C)C3)c2OC(C)C)n2ccnc(N)c12. The summed E-state index contributed by atoms with van der Waals surface area (Å²) in [6.07, 6.45) is 2.60. The second-order valence-electron chi connectivity index (χ2n) is 9.74. The first-order valence-corrected chi connectivity index (χ1v) is 12.7. The minimum absolute atomic E-state index is 0.109. The van der Waals surface area contributed by atoms with Crippen molar-refractivity contribution >= 4 is 39.1 Å². The Balaban J connectivity index is 1.95. The van der Waals surface area contributed by atoms with Crippen molar-refractivity contribution < 1.29 is 18.7 Å². The Morgan fingerprint density at radius 2 is 2.00 bits per heavy atom. The molecule has 3 aromatic rings. The number of nitrogens with two attached hydrogens (primary N) is 1. The zero-order valence-corrected chi connectivity index (χ0v) is 23.0. The van der Waals surface area contributed by atoms with Gasteiger partial charge in [0, 0.05) is 46.3 Å². The van der Waals surface area contributed by atoms with Crippen LogP contribution < -0.4 is 10.5 Å². The molecule has 2 N–H and O–H groups in total. The van der Waals surface area contributed by atoms with Crippen LogP contribution in [0.15, 0.2) is 18.5 Å². The Hall–Kier alpha value is -2.69. The lowest BCUT2D eigenvalue weighted by atomic mass is 9.94. The normalized spacial score (nSPS) is 20.1. The number of nitrogens with zero attached hydrogens (tertiary/aromatic N) is 4. The Labute approximate surface area is 218 Å². The van der Waals surface area contributed by atoms with Crippen LogP contribution in [0.2, 0.25) is 5.02 Å². The van der Waals surface area contributed by atoms with E-state index in [1.165, 1.54) is 6.07 Å². The van der Waals surface area contributed by atoms with Gasteiger partial charge >= 0.3 is 0 Å². The number of carbonyl (C=O) groups excluding carboxylic acids is 1. The summed E-state index contributed by atoms with van der Waals surface area (Å²) in [7, 11) is 3.87. The Kier molecular flexibility index (Phi) is 7.06. The number of benzene rings is 1. The monoisotopic (exact) mass is 530 g/mol. The molecule has 3 heterocycles. The van der Waals surface area contributed by atoms with Crippen molar-refractivity contribution in [1.29, 1.82) is 0 Å². The van der Waals surface area contributed by atoms with Crippen molar-refractivity contribution in [3.63, 3.8) is 0 Å². The van der Waals surface area contributed by atoms with Gasteiger partial charge in [0.2, 0.25) is 0 Å².